The molecule has 0 unspecified atom stereocenters. The molecule has 37 heavy (non-hydrogen) atoms. The molecule has 0 bridgehead atoms. The number of ether oxygens (including phenoxy) is 1. The van der Waals surface area contributed by atoms with Crippen LogP contribution >= 0.6 is 0 Å². The van der Waals surface area contributed by atoms with Gasteiger partial charge in [-0.15, -0.1) is 0 Å². The van der Waals surface area contributed by atoms with Crippen molar-refractivity contribution in [3.63, 3.8) is 0 Å². The van der Waals surface area contributed by atoms with E-state index in [-0.39, 0.29) is 58.2 Å². The summed E-state index contributed by atoms with van der Waals surface area (Å²) in [5.74, 6) is 0.565. The van der Waals surface area contributed by atoms with Gasteiger partial charge in [-0.2, -0.15) is 0 Å². The molecule has 0 aliphatic rings. The summed E-state index contributed by atoms with van der Waals surface area (Å²) in [6, 6.07) is 16.1. The zero-order valence-electron chi connectivity index (χ0n) is 20.7. The number of phenols is 1. The van der Waals surface area contributed by atoms with Gasteiger partial charge < -0.3 is 14.9 Å². The van der Waals surface area contributed by atoms with Gasteiger partial charge in [0.2, 0.25) is 0 Å². The summed E-state index contributed by atoms with van der Waals surface area (Å²) in [6.07, 6.45) is 1.32. The van der Waals surface area contributed by atoms with E-state index < -0.39 is 10.0 Å². The number of hydrogen-bond donors (Lipinski definition) is 2. The Labute approximate surface area is 236 Å². The number of phenolic OH excluding ortho intramolecular Hbond substituents is 1. The zero-order valence-corrected chi connectivity index (χ0v) is 23.5. The number of Topliss-reactive ketones (excluding diaryl/α,β-unsaturated/α-hetero) is 1. The van der Waals surface area contributed by atoms with Gasteiger partial charge in [0.05, 0.1) is 16.3 Å². The smallest absolute Gasteiger partial charge is 0.507 e. The minimum absolute atomic E-state index is 0. The molecular formula is C25H24N5NaO5S. The Morgan fingerprint density at radius 1 is 1.05 bits per heavy atom. The number of aromatic hydroxyl groups is 1. The summed E-state index contributed by atoms with van der Waals surface area (Å²) >= 11 is 0. The van der Waals surface area contributed by atoms with E-state index in [0.29, 0.717) is 34.8 Å². The Bertz CT molecular complexity index is 1460. The van der Waals surface area contributed by atoms with E-state index in [2.05, 4.69) is 25.3 Å². The van der Waals surface area contributed by atoms with Gasteiger partial charge in [0.25, 0.3) is 10.0 Å². The molecule has 1 heterocycles. The molecule has 0 spiro atoms. The molecule has 0 aliphatic heterocycles. The van der Waals surface area contributed by atoms with E-state index in [4.69, 9.17) is 4.74 Å². The number of nitrogens with zero attached hydrogens (tertiary/aromatic N) is 4. The van der Waals surface area contributed by atoms with Crippen LogP contribution in [0.2, 0.25) is 0 Å². The van der Waals surface area contributed by atoms with Crippen molar-refractivity contribution in [2.75, 3.05) is 4.72 Å². The molecule has 0 fully saturated rings. The first-order valence-corrected chi connectivity index (χ1v) is 12.7. The normalized spacial score (nSPS) is 11.0. The summed E-state index contributed by atoms with van der Waals surface area (Å²) < 4.78 is 34.0. The standard InChI is InChI=1S/C25H25N5O5S.Na/c1-3-4-22-23(14-13-21(16(2)31)24(22)32)35-15-17-5-11-20(12-6-17)36(33,34)28-19-9-7-18(8-10-19)25-26-29-30-27-25;/h5-14H,3-4,15H2,1-2H3,(H3,26,27,28,29,30,31,32);/q;+1/p-1. The zero-order chi connectivity index (χ0) is 25.7. The Morgan fingerprint density at radius 2 is 1.76 bits per heavy atom. The minimum Gasteiger partial charge on any atom is -0.507 e. The molecule has 12 heteroatoms. The molecule has 0 amide bonds. The van der Waals surface area contributed by atoms with Crippen LogP contribution in [0, 0.1) is 0 Å². The van der Waals surface area contributed by atoms with E-state index in [1.165, 1.54) is 19.1 Å². The SMILES string of the molecule is CCCc1c(OCc2ccc(S(=O)(=O)Nc3ccc(-c4nn[n-]n4)cc3)cc2)ccc(C(C)=O)c1O.[Na+]. The number of nitrogens with one attached hydrogen (secondary N) is 1. The summed E-state index contributed by atoms with van der Waals surface area (Å²) in [5.41, 5.74) is 2.63. The molecule has 0 saturated heterocycles. The number of anilines is 1. The minimum atomic E-state index is -3.81. The van der Waals surface area contributed by atoms with E-state index in [0.717, 1.165) is 12.0 Å². The van der Waals surface area contributed by atoms with Gasteiger partial charge in [-0.25, -0.2) is 13.5 Å². The van der Waals surface area contributed by atoms with Crippen molar-refractivity contribution in [2.24, 2.45) is 0 Å². The van der Waals surface area contributed by atoms with Crippen LogP contribution in [0.4, 0.5) is 5.69 Å². The van der Waals surface area contributed by atoms with Crippen LogP contribution in [0.25, 0.3) is 11.4 Å². The Kier molecular flexibility index (Phi) is 9.44. The van der Waals surface area contributed by atoms with Crippen molar-refractivity contribution >= 4 is 21.5 Å². The summed E-state index contributed by atoms with van der Waals surface area (Å²) in [5, 5.41) is 24.9. The molecule has 0 radical (unpaired) electrons. The summed E-state index contributed by atoms with van der Waals surface area (Å²) in [6.45, 7) is 3.54. The quantitative estimate of drug-likeness (QED) is 0.224. The number of carbonyl (C=O) groups is 1. The first kappa shape index (κ1) is 28.3. The number of rotatable bonds is 10. The van der Waals surface area contributed by atoms with Gasteiger partial charge in [-0.1, -0.05) is 37.6 Å². The third-order valence-electron chi connectivity index (χ3n) is 5.46. The van der Waals surface area contributed by atoms with Crippen LogP contribution in [-0.2, 0) is 23.1 Å². The first-order chi connectivity index (χ1) is 17.3. The number of carbonyl (C=O) groups excluding carboxylic acids is 1. The second-order valence-corrected chi connectivity index (χ2v) is 9.74. The molecule has 0 aliphatic carbocycles. The van der Waals surface area contributed by atoms with Crippen molar-refractivity contribution in [2.45, 2.75) is 38.2 Å². The fraction of sp³-hybridized carbons (Fsp3) is 0.200. The van der Waals surface area contributed by atoms with Crippen LogP contribution in [0.5, 0.6) is 11.5 Å². The molecule has 2 N–H and O–H groups in total. The molecule has 0 saturated carbocycles. The van der Waals surface area contributed by atoms with Crippen molar-refractivity contribution in [1.29, 1.82) is 0 Å². The van der Waals surface area contributed by atoms with Gasteiger partial charge in [-0.3, -0.25) is 19.9 Å². The van der Waals surface area contributed by atoms with E-state index in [1.807, 2.05) is 6.92 Å². The van der Waals surface area contributed by atoms with Crippen molar-refractivity contribution < 1.29 is 52.6 Å². The van der Waals surface area contributed by atoms with Crippen LogP contribution < -0.4 is 44.2 Å². The van der Waals surface area contributed by atoms with Gasteiger partial charge in [0.1, 0.15) is 18.1 Å². The molecule has 0 atom stereocenters. The molecule has 3 aromatic carbocycles. The molecule has 10 nitrogen and oxygen atoms in total. The van der Waals surface area contributed by atoms with Gasteiger partial charge >= 0.3 is 29.6 Å². The summed E-state index contributed by atoms with van der Waals surface area (Å²) in [4.78, 5) is 11.8. The largest absolute Gasteiger partial charge is 1.00 e. The topological polar surface area (TPSA) is 145 Å². The van der Waals surface area contributed by atoms with Crippen molar-refractivity contribution in [1.82, 2.24) is 20.6 Å². The third kappa shape index (κ3) is 6.75. The second-order valence-electron chi connectivity index (χ2n) is 8.06. The average Bonchev–Trinajstić information content (AvgIpc) is 3.40. The number of benzene rings is 3. The maximum Gasteiger partial charge on any atom is 1.00 e. The molecule has 4 aromatic rings. The van der Waals surface area contributed by atoms with Gasteiger partial charge in [-0.05, 0) is 60.9 Å². The fourth-order valence-electron chi connectivity index (χ4n) is 3.62. The fourth-order valence-corrected chi connectivity index (χ4v) is 4.67. The number of hydrogen-bond acceptors (Lipinski definition) is 8. The van der Waals surface area contributed by atoms with E-state index >= 15 is 0 Å². The maximum atomic E-state index is 12.8. The first-order valence-electron chi connectivity index (χ1n) is 11.2. The Balaban J connectivity index is 0.00000380. The Morgan fingerprint density at radius 3 is 2.35 bits per heavy atom. The van der Waals surface area contributed by atoms with Crippen molar-refractivity contribution in [3.05, 3.63) is 77.4 Å². The predicted molar refractivity (Wildman–Crippen MR) is 132 cm³/mol. The number of ketones is 1. The van der Waals surface area contributed by atoms with Gasteiger partial charge in [0, 0.05) is 11.3 Å². The second kappa shape index (κ2) is 12.3. The monoisotopic (exact) mass is 529 g/mol. The third-order valence-corrected chi connectivity index (χ3v) is 6.86. The van der Waals surface area contributed by atoms with Crippen LogP contribution in [0.15, 0.2) is 65.6 Å². The average molecular weight is 530 g/mol. The van der Waals surface area contributed by atoms with E-state index in [1.54, 1.807) is 48.5 Å². The van der Waals surface area contributed by atoms with E-state index in [9.17, 15) is 18.3 Å². The molecule has 4 rings (SSSR count). The van der Waals surface area contributed by atoms with Crippen LogP contribution in [0.3, 0.4) is 0 Å². The number of aromatic nitrogens is 4. The predicted octanol–water partition coefficient (Wildman–Crippen LogP) is 0.740. The number of sulfonamides is 1. The molecular weight excluding hydrogens is 505 g/mol. The van der Waals surface area contributed by atoms with Crippen LogP contribution in [0.1, 0.15) is 41.8 Å². The van der Waals surface area contributed by atoms with Crippen molar-refractivity contribution in [3.8, 4) is 22.9 Å². The Hall–Kier alpha value is -3.25. The summed E-state index contributed by atoms with van der Waals surface area (Å²) in [7, 11) is -3.81. The van der Waals surface area contributed by atoms with Crippen LogP contribution in [-0.4, -0.2) is 34.7 Å². The maximum absolute atomic E-state index is 12.8. The number of tetrazole rings is 1. The molecule has 1 aromatic heterocycles. The van der Waals surface area contributed by atoms with Gasteiger partial charge in [0.15, 0.2) is 5.78 Å². The molecule has 186 valence electrons.